The molecule has 34 heavy (non-hydrogen) atoms. The summed E-state index contributed by atoms with van der Waals surface area (Å²) < 4.78 is 1.76. The van der Waals surface area contributed by atoms with Crippen LogP contribution in [0.4, 0.5) is 0 Å². The first-order valence-electron chi connectivity index (χ1n) is 11.1. The normalized spacial score (nSPS) is 12.3. The molecule has 0 fully saturated rings. The second-order valence-electron chi connectivity index (χ2n) is 8.66. The molecule has 0 radical (unpaired) electrons. The summed E-state index contributed by atoms with van der Waals surface area (Å²) in [5, 5.41) is 11.4. The maximum Gasteiger partial charge on any atom is 0.258 e. The number of hydrogen-bond donors (Lipinski definition) is 2. The molecular weight excluding hydrogens is 450 g/mol. The molecule has 2 N–H and O–H groups in total. The number of pyridine rings is 1. The van der Waals surface area contributed by atoms with Crippen LogP contribution in [-0.2, 0) is 6.42 Å². The van der Waals surface area contributed by atoms with Gasteiger partial charge in [-0.3, -0.25) is 14.7 Å². The van der Waals surface area contributed by atoms with Gasteiger partial charge in [-0.05, 0) is 73.8 Å². The lowest BCUT2D eigenvalue weighted by atomic mass is 9.98. The van der Waals surface area contributed by atoms with E-state index >= 15 is 0 Å². The number of benzene rings is 2. The number of carbonyl (C=O) groups is 1. The highest BCUT2D eigenvalue weighted by Crippen LogP contribution is 2.30. The number of nitrogens with zero attached hydrogens (tertiary/aromatic N) is 3. The van der Waals surface area contributed by atoms with Crippen molar-refractivity contribution in [2.75, 3.05) is 27.7 Å². The van der Waals surface area contributed by atoms with Crippen LogP contribution in [-0.4, -0.2) is 53.3 Å². The molecule has 7 nitrogen and oxygen atoms in total. The van der Waals surface area contributed by atoms with Gasteiger partial charge in [-0.2, -0.15) is 5.10 Å². The van der Waals surface area contributed by atoms with Crippen molar-refractivity contribution < 1.29 is 4.79 Å². The molecule has 0 aliphatic heterocycles. The fourth-order valence-corrected chi connectivity index (χ4v) is 4.35. The van der Waals surface area contributed by atoms with E-state index in [9.17, 15) is 9.59 Å². The molecule has 0 spiro atoms. The van der Waals surface area contributed by atoms with E-state index in [1.807, 2.05) is 63.6 Å². The van der Waals surface area contributed by atoms with E-state index in [-0.39, 0.29) is 17.5 Å². The summed E-state index contributed by atoms with van der Waals surface area (Å²) in [6.45, 7) is 2.82. The molecule has 4 rings (SSSR count). The summed E-state index contributed by atoms with van der Waals surface area (Å²) in [5.41, 5.74) is 4.15. The molecule has 4 aromatic rings. The minimum atomic E-state index is -0.248. The number of rotatable bonds is 7. The Morgan fingerprint density at radius 2 is 2.00 bits per heavy atom. The zero-order chi connectivity index (χ0) is 24.4. The second-order valence-corrected chi connectivity index (χ2v) is 9.04. The Balaban J connectivity index is 1.86. The zero-order valence-electron chi connectivity index (χ0n) is 19.7. The van der Waals surface area contributed by atoms with Gasteiger partial charge < -0.3 is 14.8 Å². The van der Waals surface area contributed by atoms with E-state index in [2.05, 4.69) is 20.4 Å². The van der Waals surface area contributed by atoms with Crippen LogP contribution in [0.25, 0.3) is 21.9 Å². The van der Waals surface area contributed by atoms with Crippen LogP contribution in [0.5, 0.6) is 0 Å². The number of hydrogen-bond acceptors (Lipinski definition) is 4. The first-order valence-corrected chi connectivity index (χ1v) is 11.5. The van der Waals surface area contributed by atoms with E-state index in [4.69, 9.17) is 11.6 Å². The predicted octanol–water partition coefficient (Wildman–Crippen LogP) is 4.12. The van der Waals surface area contributed by atoms with Crippen LogP contribution in [0, 0.1) is 0 Å². The molecule has 2 aromatic heterocycles. The fourth-order valence-electron chi connectivity index (χ4n) is 4.15. The van der Waals surface area contributed by atoms with Crippen LogP contribution in [0.15, 0.2) is 59.7 Å². The summed E-state index contributed by atoms with van der Waals surface area (Å²) >= 11 is 6.26. The maximum atomic E-state index is 13.6. The molecule has 2 aromatic carbocycles. The molecule has 8 heteroatoms. The Kier molecular flexibility index (Phi) is 6.86. The second kappa shape index (κ2) is 9.83. The van der Waals surface area contributed by atoms with Gasteiger partial charge in [0.1, 0.15) is 5.15 Å². The van der Waals surface area contributed by atoms with Crippen LogP contribution in [0.2, 0.25) is 5.15 Å². The molecule has 2 heterocycles. The fraction of sp³-hybridized carbons (Fsp3) is 0.269. The third kappa shape index (κ3) is 4.62. The highest BCUT2D eigenvalue weighted by atomic mass is 35.5. The molecule has 0 bridgehead atoms. The molecule has 0 aliphatic carbocycles. The quantitative estimate of drug-likeness (QED) is 0.419. The van der Waals surface area contributed by atoms with Gasteiger partial charge in [-0.15, -0.1) is 0 Å². The average Bonchev–Trinajstić information content (AvgIpc) is 3.28. The lowest BCUT2D eigenvalue weighted by Gasteiger charge is -2.20. The first kappa shape index (κ1) is 23.7. The van der Waals surface area contributed by atoms with Gasteiger partial charge in [0, 0.05) is 36.3 Å². The Morgan fingerprint density at radius 1 is 1.21 bits per heavy atom. The van der Waals surface area contributed by atoms with Crippen molar-refractivity contribution in [1.29, 1.82) is 0 Å². The maximum absolute atomic E-state index is 13.6. The number of amides is 1. The van der Waals surface area contributed by atoms with Gasteiger partial charge >= 0.3 is 0 Å². The summed E-state index contributed by atoms with van der Waals surface area (Å²) in [7, 11) is 5.66. The summed E-state index contributed by atoms with van der Waals surface area (Å²) in [5.74, 6) is -0.156. The van der Waals surface area contributed by atoms with Crippen LogP contribution >= 0.6 is 11.6 Å². The number of aromatic amines is 1. The number of likely N-dealkylation sites (N-methyl/N-ethyl adjacent to an activating group) is 1. The molecule has 0 saturated heterocycles. The van der Waals surface area contributed by atoms with Crippen molar-refractivity contribution in [2.24, 2.45) is 0 Å². The van der Waals surface area contributed by atoms with E-state index in [0.717, 1.165) is 40.6 Å². The van der Waals surface area contributed by atoms with Crippen molar-refractivity contribution in [2.45, 2.75) is 19.4 Å². The number of nitrogens with one attached hydrogen (secondary N) is 2. The molecule has 1 unspecified atom stereocenters. The van der Waals surface area contributed by atoms with Crippen LogP contribution < -0.4 is 10.9 Å². The third-order valence-electron chi connectivity index (χ3n) is 6.13. The first-order chi connectivity index (χ1) is 16.3. The van der Waals surface area contributed by atoms with Crippen molar-refractivity contribution >= 4 is 28.3 Å². The van der Waals surface area contributed by atoms with Crippen molar-refractivity contribution in [3.05, 3.63) is 87.1 Å². The Morgan fingerprint density at radius 3 is 2.68 bits per heavy atom. The van der Waals surface area contributed by atoms with Crippen LogP contribution in [0.3, 0.4) is 0 Å². The van der Waals surface area contributed by atoms with E-state index < -0.39 is 0 Å². The Bertz CT molecular complexity index is 1410. The third-order valence-corrected chi connectivity index (χ3v) is 6.42. The lowest BCUT2D eigenvalue weighted by Crippen LogP contribution is -2.26. The van der Waals surface area contributed by atoms with Gasteiger partial charge in [-0.25, -0.2) is 0 Å². The van der Waals surface area contributed by atoms with Crippen LogP contribution in [0.1, 0.15) is 34.5 Å². The lowest BCUT2D eigenvalue weighted by molar-refractivity contribution is 0.0963. The SMILES string of the molecule is CNC(=O)c1cccc(C(C)n2cc(CCN(C)C)c3cc(-c4cn[nH]c4Cl)ccc3c2=O)c1. The highest BCUT2D eigenvalue weighted by molar-refractivity contribution is 6.32. The van der Waals surface area contributed by atoms with Gasteiger partial charge in [0.2, 0.25) is 0 Å². The standard InChI is InChI=1S/C26H28ClN5O2/c1-16(17-6-5-7-19(12-17)25(33)28-2)32-15-20(10-11-31(3)4)22-13-18(8-9-21(22)26(32)34)23-14-29-30-24(23)27/h5-9,12-16H,10-11H2,1-4H3,(H,28,33)(H,29,30). The minimum absolute atomic E-state index is 0.0775. The smallest absolute Gasteiger partial charge is 0.258 e. The monoisotopic (exact) mass is 477 g/mol. The van der Waals surface area contributed by atoms with E-state index in [0.29, 0.717) is 16.1 Å². The van der Waals surface area contributed by atoms with Gasteiger partial charge in [0.15, 0.2) is 0 Å². The minimum Gasteiger partial charge on any atom is -0.355 e. The topological polar surface area (TPSA) is 83.0 Å². The van der Waals surface area contributed by atoms with E-state index in [1.165, 1.54) is 0 Å². The van der Waals surface area contributed by atoms with Crippen molar-refractivity contribution in [1.82, 2.24) is 25.0 Å². The molecule has 1 atom stereocenters. The average molecular weight is 478 g/mol. The van der Waals surface area contributed by atoms with E-state index in [1.54, 1.807) is 23.9 Å². The largest absolute Gasteiger partial charge is 0.355 e. The number of fused-ring (bicyclic) bond motifs is 1. The molecular formula is C26H28ClN5O2. The number of H-pyrrole nitrogens is 1. The molecule has 1 amide bonds. The number of aromatic nitrogens is 3. The highest BCUT2D eigenvalue weighted by Gasteiger charge is 2.17. The molecule has 0 saturated carbocycles. The number of halogens is 1. The van der Waals surface area contributed by atoms with Gasteiger partial charge in [0.05, 0.1) is 12.2 Å². The molecule has 0 aliphatic rings. The van der Waals surface area contributed by atoms with Crippen molar-refractivity contribution in [3.63, 3.8) is 0 Å². The summed E-state index contributed by atoms with van der Waals surface area (Å²) in [6, 6.07) is 12.9. The van der Waals surface area contributed by atoms with Gasteiger partial charge in [-0.1, -0.05) is 29.8 Å². The summed E-state index contributed by atoms with van der Waals surface area (Å²) in [6.07, 6.45) is 4.41. The summed E-state index contributed by atoms with van der Waals surface area (Å²) in [4.78, 5) is 27.8. The van der Waals surface area contributed by atoms with Gasteiger partial charge in [0.25, 0.3) is 11.5 Å². The molecule has 176 valence electrons. The predicted molar refractivity (Wildman–Crippen MR) is 137 cm³/mol. The van der Waals surface area contributed by atoms with Crippen molar-refractivity contribution in [3.8, 4) is 11.1 Å². The Labute approximate surface area is 203 Å². The number of carbonyl (C=O) groups excluding carboxylic acids is 1. The Hall–Kier alpha value is -3.42. The zero-order valence-corrected chi connectivity index (χ0v) is 20.5.